The molecule has 3 aromatic rings. The third-order valence-corrected chi connectivity index (χ3v) is 12.2. The molecule has 2 aliphatic carbocycles. The van der Waals surface area contributed by atoms with Crippen LogP contribution >= 0.6 is 23.5 Å². The van der Waals surface area contributed by atoms with Crippen LogP contribution in [0, 0.1) is 0 Å². The Kier molecular flexibility index (Phi) is 6.15. The summed E-state index contributed by atoms with van der Waals surface area (Å²) >= 11 is 2.14. The predicted octanol–water partition coefficient (Wildman–Crippen LogP) is 9.15. The highest BCUT2D eigenvalue weighted by molar-refractivity contribution is 8.06. The Hall–Kier alpha value is -3.51. The third kappa shape index (κ3) is 3.44. The summed E-state index contributed by atoms with van der Waals surface area (Å²) in [5.41, 5.74) is -3.25. The molecule has 0 spiro atoms. The molecule has 0 radical (unpaired) electrons. The van der Waals surface area contributed by atoms with Gasteiger partial charge in [-0.3, -0.25) is 0 Å². The molecule has 3 aromatic carbocycles. The largest absolute Gasteiger partial charge is 0.514 e. The fourth-order valence-corrected chi connectivity index (χ4v) is 10.3. The number of ether oxygens (including phenoxy) is 3. The summed E-state index contributed by atoms with van der Waals surface area (Å²) in [6, 6.07) is 18.5. The highest BCUT2D eigenvalue weighted by atomic mass is 32.2. The SMILES string of the molecule is COc1ccc(OC(=O)O[C@@H](C)[C@@]23Sc4ccccc4C2=C2C(=C4c5ccccc5S[C@]43C)C(F)(F)C(F)(F)C2(F)F)cc1. The van der Waals surface area contributed by atoms with Crippen LogP contribution in [0.15, 0.2) is 93.7 Å². The van der Waals surface area contributed by atoms with Gasteiger partial charge in [0.1, 0.15) is 22.4 Å². The molecule has 0 bridgehead atoms. The van der Waals surface area contributed by atoms with Gasteiger partial charge in [-0.05, 0) is 72.5 Å². The summed E-state index contributed by atoms with van der Waals surface area (Å²) in [4.78, 5) is 14.0. The molecule has 7 rings (SSSR count). The molecule has 0 unspecified atom stereocenters. The first kappa shape index (κ1) is 29.2. The Bertz CT molecular complexity index is 1800. The van der Waals surface area contributed by atoms with Crippen molar-refractivity contribution < 1.29 is 45.3 Å². The molecule has 3 atom stereocenters. The monoisotopic (exact) mass is 648 g/mol. The van der Waals surface area contributed by atoms with E-state index < -0.39 is 56.2 Å². The van der Waals surface area contributed by atoms with Crippen molar-refractivity contribution in [1.29, 1.82) is 0 Å². The molecule has 4 nitrogen and oxygen atoms in total. The number of allylic oxidation sites excluding steroid dienone is 2. The topological polar surface area (TPSA) is 44.8 Å². The average Bonchev–Trinajstić information content (AvgIpc) is 3.53. The maximum Gasteiger partial charge on any atom is 0.514 e. The van der Waals surface area contributed by atoms with Gasteiger partial charge in [-0.25, -0.2) is 4.79 Å². The summed E-state index contributed by atoms with van der Waals surface area (Å²) in [6.45, 7) is 3.00. The van der Waals surface area contributed by atoms with Gasteiger partial charge in [-0.1, -0.05) is 36.4 Å². The van der Waals surface area contributed by atoms with Crippen molar-refractivity contribution in [3.63, 3.8) is 0 Å². The number of halogens is 6. The van der Waals surface area contributed by atoms with E-state index in [1.165, 1.54) is 50.4 Å². The normalized spacial score (nSPS) is 27.1. The van der Waals surface area contributed by atoms with Crippen LogP contribution in [0.1, 0.15) is 25.0 Å². The van der Waals surface area contributed by atoms with E-state index >= 15 is 26.3 Å². The zero-order valence-corrected chi connectivity index (χ0v) is 24.9. The average molecular weight is 649 g/mol. The van der Waals surface area contributed by atoms with Gasteiger partial charge in [0, 0.05) is 20.9 Å². The van der Waals surface area contributed by atoms with Gasteiger partial charge in [0.25, 0.3) is 0 Å². The molecule has 12 heteroatoms. The summed E-state index contributed by atoms with van der Waals surface area (Å²) in [7, 11) is 1.46. The molecular weight excluding hydrogens is 626 g/mol. The van der Waals surface area contributed by atoms with Gasteiger partial charge < -0.3 is 14.2 Å². The first-order valence-electron chi connectivity index (χ1n) is 13.5. The second kappa shape index (κ2) is 9.26. The third-order valence-electron chi connectivity index (χ3n) is 8.73. The first-order chi connectivity index (χ1) is 20.7. The Labute approximate surface area is 256 Å². The lowest BCUT2D eigenvalue weighted by Gasteiger charge is -2.51. The van der Waals surface area contributed by atoms with Gasteiger partial charge >= 0.3 is 23.9 Å². The van der Waals surface area contributed by atoms with E-state index in [9.17, 15) is 4.79 Å². The number of carbonyl (C=O) groups excluding carboxylic acids is 1. The molecule has 2 heterocycles. The number of hydrogen-bond donors (Lipinski definition) is 0. The minimum atomic E-state index is -5.72. The van der Waals surface area contributed by atoms with E-state index in [2.05, 4.69) is 0 Å². The van der Waals surface area contributed by atoms with Crippen LogP contribution in [-0.4, -0.2) is 46.6 Å². The van der Waals surface area contributed by atoms with E-state index in [0.717, 1.165) is 23.5 Å². The Morgan fingerprint density at radius 1 is 0.705 bits per heavy atom. The highest BCUT2D eigenvalue weighted by Crippen LogP contribution is 2.78. The van der Waals surface area contributed by atoms with Crippen LogP contribution in [-0.2, 0) is 4.74 Å². The summed E-state index contributed by atoms with van der Waals surface area (Å²) < 4.78 is 107. The number of hydrogen-bond acceptors (Lipinski definition) is 6. The molecule has 0 N–H and O–H groups in total. The van der Waals surface area contributed by atoms with Crippen LogP contribution in [0.2, 0.25) is 0 Å². The lowest BCUT2D eigenvalue weighted by Crippen LogP contribution is -2.57. The van der Waals surface area contributed by atoms with Crippen LogP contribution in [0.5, 0.6) is 11.5 Å². The lowest BCUT2D eigenvalue weighted by molar-refractivity contribution is -0.257. The van der Waals surface area contributed by atoms with Gasteiger partial charge in [0.15, 0.2) is 0 Å². The van der Waals surface area contributed by atoms with Crippen molar-refractivity contribution in [2.24, 2.45) is 0 Å². The van der Waals surface area contributed by atoms with Crippen molar-refractivity contribution in [1.82, 2.24) is 0 Å². The van der Waals surface area contributed by atoms with E-state index in [-0.39, 0.29) is 22.4 Å². The second-order valence-electron chi connectivity index (χ2n) is 11.0. The number of benzene rings is 3. The molecule has 44 heavy (non-hydrogen) atoms. The summed E-state index contributed by atoms with van der Waals surface area (Å²) in [5.74, 6) is -15.6. The van der Waals surface area contributed by atoms with Crippen molar-refractivity contribution in [2.75, 3.05) is 7.11 Å². The molecule has 4 aliphatic rings. The van der Waals surface area contributed by atoms with E-state index in [1.54, 1.807) is 43.3 Å². The molecule has 0 aromatic heterocycles. The number of methoxy groups -OCH3 is 1. The standard InChI is InChI=1S/C32H22F6O4S2/c1-16(41-27(39)42-18-14-12-17(40-3)13-15-18)29-24(20-9-5-7-11-22(20)44-29)26-25(30(33,34)32(37,38)31(26,35)36)23-19-8-4-6-10-21(19)43-28(23,29)2/h4-16H,1-3H3/t16-,28+,29+/m0/s1. The Morgan fingerprint density at radius 2 is 1.20 bits per heavy atom. The van der Waals surface area contributed by atoms with Crippen LogP contribution in [0.25, 0.3) is 11.1 Å². The molecular formula is C32H22F6O4S2. The first-order valence-corrected chi connectivity index (χ1v) is 15.1. The van der Waals surface area contributed by atoms with Crippen molar-refractivity contribution >= 4 is 40.8 Å². The summed E-state index contributed by atoms with van der Waals surface area (Å²) in [5, 5.41) is 0. The van der Waals surface area contributed by atoms with Crippen LogP contribution < -0.4 is 9.47 Å². The Balaban J connectivity index is 1.47. The zero-order valence-electron chi connectivity index (χ0n) is 23.2. The maximum absolute atomic E-state index is 16.0. The maximum atomic E-state index is 16.0. The highest BCUT2D eigenvalue weighted by Gasteiger charge is 2.85. The van der Waals surface area contributed by atoms with Crippen LogP contribution in [0.3, 0.4) is 0 Å². The number of fused-ring (bicyclic) bond motifs is 8. The fraction of sp³-hybridized carbons (Fsp3) is 0.281. The number of alkyl halides is 6. The molecule has 2 aliphatic heterocycles. The van der Waals surface area contributed by atoms with E-state index in [0.29, 0.717) is 15.5 Å². The predicted molar refractivity (Wildman–Crippen MR) is 154 cm³/mol. The molecule has 0 amide bonds. The molecule has 1 fully saturated rings. The van der Waals surface area contributed by atoms with Gasteiger partial charge in [-0.2, -0.15) is 26.3 Å². The minimum Gasteiger partial charge on any atom is -0.497 e. The van der Waals surface area contributed by atoms with Gasteiger partial charge in [0.2, 0.25) is 0 Å². The fourth-order valence-electron chi connectivity index (χ4n) is 6.82. The number of carbonyl (C=O) groups is 1. The quantitative estimate of drug-likeness (QED) is 0.160. The van der Waals surface area contributed by atoms with Crippen molar-refractivity contribution in [3.05, 3.63) is 95.1 Å². The second-order valence-corrected chi connectivity index (χ2v) is 13.7. The van der Waals surface area contributed by atoms with Crippen LogP contribution in [0.4, 0.5) is 31.1 Å². The van der Waals surface area contributed by atoms with E-state index in [1.807, 2.05) is 0 Å². The van der Waals surface area contributed by atoms with Gasteiger partial charge in [-0.15, -0.1) is 23.5 Å². The van der Waals surface area contributed by atoms with Crippen molar-refractivity contribution in [3.8, 4) is 11.5 Å². The molecule has 0 saturated heterocycles. The number of rotatable bonds is 4. The smallest absolute Gasteiger partial charge is 0.497 e. The minimum absolute atomic E-state index is 0.100. The van der Waals surface area contributed by atoms with Gasteiger partial charge in [0.05, 0.1) is 11.9 Å². The zero-order chi connectivity index (χ0) is 31.4. The Morgan fingerprint density at radius 3 is 1.80 bits per heavy atom. The van der Waals surface area contributed by atoms with E-state index in [4.69, 9.17) is 14.2 Å². The molecule has 1 saturated carbocycles. The summed E-state index contributed by atoms with van der Waals surface area (Å²) in [6.07, 6.45) is -2.53. The molecule has 228 valence electrons. The van der Waals surface area contributed by atoms with Crippen molar-refractivity contribution in [2.45, 2.75) is 57.0 Å². The lowest BCUT2D eigenvalue weighted by atomic mass is 9.65. The number of thioether (sulfide) groups is 2.